The van der Waals surface area contributed by atoms with Crippen LogP contribution in [0.5, 0.6) is 0 Å². The molecule has 8 heteroatoms. The van der Waals surface area contributed by atoms with E-state index in [1.54, 1.807) is 0 Å². The average Bonchev–Trinajstić information content (AvgIpc) is 2.41. The zero-order valence-corrected chi connectivity index (χ0v) is 11.5. The predicted octanol–water partition coefficient (Wildman–Crippen LogP) is 3.19. The Morgan fingerprint density at radius 2 is 2.15 bits per heavy atom. The van der Waals surface area contributed by atoms with E-state index in [4.69, 9.17) is 5.11 Å². The van der Waals surface area contributed by atoms with Gasteiger partial charge in [0.25, 0.3) is 0 Å². The number of nitrogens with zero attached hydrogens (tertiary/aromatic N) is 2. The Morgan fingerprint density at radius 3 is 2.75 bits per heavy atom. The number of halogens is 1. The monoisotopic (exact) mass is 337 g/mol. The molecule has 2 rings (SSSR count). The topological polar surface area (TPSA) is 105 Å². The first-order chi connectivity index (χ1) is 9.49. The summed E-state index contributed by atoms with van der Waals surface area (Å²) < 4.78 is 0.470. The maximum absolute atomic E-state index is 10.9. The first kappa shape index (κ1) is 13.9. The van der Waals surface area contributed by atoms with Gasteiger partial charge in [-0.1, -0.05) is 0 Å². The summed E-state index contributed by atoms with van der Waals surface area (Å²) in [6, 6.07) is 7.09. The van der Waals surface area contributed by atoms with Crippen LogP contribution in [0.3, 0.4) is 0 Å². The SMILES string of the molecule is O=C(O)c1ccc(Nc2ncccc2[N+](=O)[O-])c(Br)c1. The van der Waals surface area contributed by atoms with Crippen molar-refractivity contribution in [3.05, 3.63) is 56.7 Å². The lowest BCUT2D eigenvalue weighted by atomic mass is 10.2. The van der Waals surface area contributed by atoms with Crippen LogP contribution >= 0.6 is 15.9 Å². The molecule has 0 saturated heterocycles. The largest absolute Gasteiger partial charge is 0.478 e. The van der Waals surface area contributed by atoms with Crippen molar-refractivity contribution >= 4 is 39.1 Å². The number of nitrogens with one attached hydrogen (secondary N) is 1. The highest BCUT2D eigenvalue weighted by atomic mass is 79.9. The molecule has 0 atom stereocenters. The Morgan fingerprint density at radius 1 is 1.40 bits per heavy atom. The molecule has 102 valence electrons. The van der Waals surface area contributed by atoms with E-state index in [1.165, 1.54) is 36.5 Å². The molecule has 7 nitrogen and oxygen atoms in total. The number of hydrogen-bond donors (Lipinski definition) is 2. The van der Waals surface area contributed by atoms with Crippen molar-refractivity contribution in [3.8, 4) is 0 Å². The zero-order valence-electron chi connectivity index (χ0n) is 9.91. The summed E-state index contributed by atoms with van der Waals surface area (Å²) in [5.41, 5.74) is 0.427. The van der Waals surface area contributed by atoms with Crippen molar-refractivity contribution in [3.63, 3.8) is 0 Å². The fraction of sp³-hybridized carbons (Fsp3) is 0. The van der Waals surface area contributed by atoms with Gasteiger partial charge in [0.05, 0.1) is 16.2 Å². The van der Waals surface area contributed by atoms with E-state index in [1.807, 2.05) is 0 Å². The maximum Gasteiger partial charge on any atom is 0.335 e. The van der Waals surface area contributed by atoms with Crippen LogP contribution < -0.4 is 5.32 Å². The second-order valence-corrected chi connectivity index (χ2v) is 4.61. The lowest BCUT2D eigenvalue weighted by molar-refractivity contribution is -0.384. The molecule has 0 aliphatic rings. The van der Waals surface area contributed by atoms with Crippen molar-refractivity contribution in [1.82, 2.24) is 4.98 Å². The number of rotatable bonds is 4. The first-order valence-corrected chi connectivity index (χ1v) is 6.17. The maximum atomic E-state index is 10.9. The number of nitro groups is 1. The molecule has 0 bridgehead atoms. The predicted molar refractivity (Wildman–Crippen MR) is 75.3 cm³/mol. The molecule has 0 unspecified atom stereocenters. The van der Waals surface area contributed by atoms with Crippen molar-refractivity contribution in [2.24, 2.45) is 0 Å². The number of carbonyl (C=O) groups is 1. The molecule has 0 fully saturated rings. The van der Waals surface area contributed by atoms with Crippen LogP contribution in [0.1, 0.15) is 10.4 Å². The minimum absolute atomic E-state index is 0.0845. The number of benzene rings is 1. The Balaban J connectivity index is 2.36. The lowest BCUT2D eigenvalue weighted by Gasteiger charge is -2.08. The van der Waals surface area contributed by atoms with Crippen LogP contribution in [0, 0.1) is 10.1 Å². The highest BCUT2D eigenvalue weighted by Crippen LogP contribution is 2.30. The van der Waals surface area contributed by atoms with E-state index < -0.39 is 10.9 Å². The highest BCUT2D eigenvalue weighted by Gasteiger charge is 2.15. The third-order valence-electron chi connectivity index (χ3n) is 2.45. The smallest absolute Gasteiger partial charge is 0.335 e. The van der Waals surface area contributed by atoms with E-state index in [9.17, 15) is 14.9 Å². The van der Waals surface area contributed by atoms with Gasteiger partial charge < -0.3 is 10.4 Å². The summed E-state index contributed by atoms with van der Waals surface area (Å²) >= 11 is 3.21. The molecule has 0 aliphatic heterocycles. The summed E-state index contributed by atoms with van der Waals surface area (Å²) in [5, 5.41) is 22.5. The summed E-state index contributed by atoms with van der Waals surface area (Å²) in [6.07, 6.45) is 1.43. The van der Waals surface area contributed by atoms with E-state index >= 15 is 0 Å². The van der Waals surface area contributed by atoms with E-state index in [0.717, 1.165) is 0 Å². The first-order valence-electron chi connectivity index (χ1n) is 5.38. The second-order valence-electron chi connectivity index (χ2n) is 3.75. The van der Waals surface area contributed by atoms with Gasteiger partial charge in [0.1, 0.15) is 0 Å². The molecule has 0 saturated carbocycles. The van der Waals surface area contributed by atoms with Gasteiger partial charge in [-0.25, -0.2) is 9.78 Å². The summed E-state index contributed by atoms with van der Waals surface area (Å²) in [4.78, 5) is 25.1. The minimum atomic E-state index is -1.05. The molecular weight excluding hydrogens is 330 g/mol. The Hall–Kier alpha value is -2.48. The number of aromatic carboxylic acids is 1. The van der Waals surface area contributed by atoms with Gasteiger partial charge in [0.15, 0.2) is 0 Å². The fourth-order valence-corrected chi connectivity index (χ4v) is 2.00. The molecule has 1 aromatic carbocycles. The average molecular weight is 338 g/mol. The number of carboxylic acids is 1. The third-order valence-corrected chi connectivity index (χ3v) is 3.11. The summed E-state index contributed by atoms with van der Waals surface area (Å²) in [5.74, 6) is -0.970. The second kappa shape index (κ2) is 5.66. The molecule has 0 aliphatic carbocycles. The van der Waals surface area contributed by atoms with Crippen molar-refractivity contribution < 1.29 is 14.8 Å². The van der Waals surface area contributed by atoms with E-state index in [-0.39, 0.29) is 17.1 Å². The standard InChI is InChI=1S/C12H8BrN3O4/c13-8-6-7(12(17)18)3-4-9(8)15-11-10(16(19)20)2-1-5-14-11/h1-6H,(H,14,15)(H,17,18). The molecule has 20 heavy (non-hydrogen) atoms. The van der Waals surface area contributed by atoms with Crippen LogP contribution in [0.4, 0.5) is 17.2 Å². The Labute approximate surface area is 121 Å². The van der Waals surface area contributed by atoms with Crippen LogP contribution in [-0.4, -0.2) is 21.0 Å². The molecule has 0 spiro atoms. The highest BCUT2D eigenvalue weighted by molar-refractivity contribution is 9.10. The van der Waals surface area contributed by atoms with Crippen LogP contribution in [0.25, 0.3) is 0 Å². The van der Waals surface area contributed by atoms with Gasteiger partial charge in [-0.3, -0.25) is 10.1 Å². The molecule has 2 N–H and O–H groups in total. The fourth-order valence-electron chi connectivity index (χ4n) is 1.52. The van der Waals surface area contributed by atoms with Crippen LogP contribution in [0.15, 0.2) is 41.0 Å². The van der Waals surface area contributed by atoms with Gasteiger partial charge in [0.2, 0.25) is 5.82 Å². The number of aromatic nitrogens is 1. The number of anilines is 2. The summed E-state index contributed by atoms with van der Waals surface area (Å²) in [7, 11) is 0. The minimum Gasteiger partial charge on any atom is -0.478 e. The zero-order chi connectivity index (χ0) is 14.7. The Kier molecular flexibility index (Phi) is 3.94. The molecule has 0 radical (unpaired) electrons. The Bertz CT molecular complexity index is 690. The van der Waals surface area contributed by atoms with Gasteiger partial charge in [0, 0.05) is 16.7 Å². The van der Waals surface area contributed by atoms with Crippen LogP contribution in [-0.2, 0) is 0 Å². The molecule has 0 amide bonds. The van der Waals surface area contributed by atoms with Gasteiger partial charge in [-0.2, -0.15) is 0 Å². The van der Waals surface area contributed by atoms with Gasteiger partial charge in [-0.05, 0) is 40.2 Å². The number of carboxylic acid groups (broad SMARTS) is 1. The summed E-state index contributed by atoms with van der Waals surface area (Å²) in [6.45, 7) is 0. The third kappa shape index (κ3) is 2.91. The van der Waals surface area contributed by atoms with Gasteiger partial charge >= 0.3 is 11.7 Å². The molecular formula is C12H8BrN3O4. The number of hydrogen-bond acceptors (Lipinski definition) is 5. The molecule has 1 aromatic heterocycles. The molecule has 1 heterocycles. The van der Waals surface area contributed by atoms with Gasteiger partial charge in [-0.15, -0.1) is 0 Å². The van der Waals surface area contributed by atoms with Crippen molar-refractivity contribution in [2.45, 2.75) is 0 Å². The van der Waals surface area contributed by atoms with E-state index in [0.29, 0.717) is 10.2 Å². The van der Waals surface area contributed by atoms with Crippen molar-refractivity contribution in [1.29, 1.82) is 0 Å². The number of pyridine rings is 1. The van der Waals surface area contributed by atoms with Crippen molar-refractivity contribution in [2.75, 3.05) is 5.32 Å². The lowest BCUT2D eigenvalue weighted by Crippen LogP contribution is -2.01. The molecule has 2 aromatic rings. The van der Waals surface area contributed by atoms with Crippen LogP contribution in [0.2, 0.25) is 0 Å². The normalized spacial score (nSPS) is 10.1. The van der Waals surface area contributed by atoms with E-state index in [2.05, 4.69) is 26.2 Å². The quantitative estimate of drug-likeness (QED) is 0.655.